The number of carbonyl (C=O) groups excluding carboxylic acids is 1. The zero-order valence-electron chi connectivity index (χ0n) is 9.58. The highest BCUT2D eigenvalue weighted by atomic mass is 16.1. The van der Waals surface area contributed by atoms with Crippen molar-refractivity contribution >= 4 is 5.91 Å². The van der Waals surface area contributed by atoms with E-state index in [2.05, 4.69) is 0 Å². The maximum Gasteiger partial charge on any atom is 0.220 e. The maximum atomic E-state index is 11.4. The zero-order valence-corrected chi connectivity index (χ0v) is 9.58. The first-order chi connectivity index (χ1) is 7.29. The highest BCUT2D eigenvalue weighted by Gasteiger charge is 2.35. The van der Waals surface area contributed by atoms with Crippen LogP contribution >= 0.6 is 0 Å². The summed E-state index contributed by atoms with van der Waals surface area (Å²) in [6, 6.07) is 0. The third kappa shape index (κ3) is 2.53. The summed E-state index contributed by atoms with van der Waals surface area (Å²) < 4.78 is 0. The lowest BCUT2D eigenvalue weighted by atomic mass is 9.68. The number of carbonyl (C=O) groups is 1. The van der Waals surface area contributed by atoms with Gasteiger partial charge in [-0.05, 0) is 24.7 Å². The molecule has 2 aliphatic rings. The van der Waals surface area contributed by atoms with E-state index in [9.17, 15) is 4.79 Å². The molecule has 0 radical (unpaired) electrons. The molecule has 15 heavy (non-hydrogen) atoms. The van der Waals surface area contributed by atoms with E-state index in [1.54, 1.807) is 0 Å². The lowest BCUT2D eigenvalue weighted by Gasteiger charge is -2.37. The number of hydrogen-bond donors (Lipinski definition) is 1. The van der Waals surface area contributed by atoms with Gasteiger partial charge in [-0.3, -0.25) is 4.79 Å². The minimum absolute atomic E-state index is 0.0368. The molecular formula is C13H23NO. The third-order valence-corrected chi connectivity index (χ3v) is 4.44. The lowest BCUT2D eigenvalue weighted by molar-refractivity contribution is -0.125. The van der Waals surface area contributed by atoms with Crippen LogP contribution in [0.4, 0.5) is 0 Å². The summed E-state index contributed by atoms with van der Waals surface area (Å²) in [6.07, 6.45) is 11.6. The van der Waals surface area contributed by atoms with Crippen LogP contribution in [0.3, 0.4) is 0 Å². The Kier molecular flexibility index (Phi) is 3.66. The molecule has 86 valence electrons. The number of hydrogen-bond acceptors (Lipinski definition) is 1. The molecular weight excluding hydrogens is 186 g/mol. The molecule has 0 saturated heterocycles. The highest BCUT2D eigenvalue weighted by molar-refractivity contribution is 5.77. The Hall–Kier alpha value is -0.530. The van der Waals surface area contributed by atoms with Crippen LogP contribution in [0.15, 0.2) is 0 Å². The van der Waals surface area contributed by atoms with Crippen molar-refractivity contribution in [1.82, 2.24) is 0 Å². The number of nitrogens with two attached hydrogens (primary N) is 1. The van der Waals surface area contributed by atoms with E-state index in [1.807, 2.05) is 0 Å². The second kappa shape index (κ2) is 5.00. The summed E-state index contributed by atoms with van der Waals surface area (Å²) >= 11 is 0. The van der Waals surface area contributed by atoms with Gasteiger partial charge in [0.1, 0.15) is 0 Å². The van der Waals surface area contributed by atoms with Gasteiger partial charge in [-0.15, -0.1) is 0 Å². The molecule has 2 N–H and O–H groups in total. The van der Waals surface area contributed by atoms with Crippen LogP contribution < -0.4 is 5.73 Å². The summed E-state index contributed by atoms with van der Waals surface area (Å²) in [5, 5.41) is 0. The van der Waals surface area contributed by atoms with Crippen LogP contribution in [0.25, 0.3) is 0 Å². The van der Waals surface area contributed by atoms with Crippen molar-refractivity contribution in [2.45, 2.75) is 57.8 Å². The van der Waals surface area contributed by atoms with Crippen molar-refractivity contribution in [1.29, 1.82) is 0 Å². The fourth-order valence-electron chi connectivity index (χ4n) is 3.64. The Labute approximate surface area is 92.6 Å². The standard InChI is InChI=1S/C13H23NO/c14-13(15)12-9-5-4-8-11(12)10-6-2-1-3-7-10/h10-12H,1-9H2,(H2,14,15). The molecule has 0 aromatic rings. The van der Waals surface area contributed by atoms with Crippen LogP contribution in [0.1, 0.15) is 57.8 Å². The molecule has 2 fully saturated rings. The third-order valence-electron chi connectivity index (χ3n) is 4.44. The van der Waals surface area contributed by atoms with Gasteiger partial charge in [0, 0.05) is 5.92 Å². The minimum Gasteiger partial charge on any atom is -0.369 e. The smallest absolute Gasteiger partial charge is 0.220 e. The summed E-state index contributed by atoms with van der Waals surface area (Å²) in [7, 11) is 0. The molecule has 2 heteroatoms. The predicted molar refractivity (Wildman–Crippen MR) is 61.2 cm³/mol. The Bertz CT molecular complexity index is 221. The van der Waals surface area contributed by atoms with Crippen molar-refractivity contribution in [3.8, 4) is 0 Å². The first-order valence-electron chi connectivity index (χ1n) is 6.58. The van der Waals surface area contributed by atoms with Crippen LogP contribution in [0, 0.1) is 17.8 Å². The summed E-state index contributed by atoms with van der Waals surface area (Å²) in [4.78, 5) is 11.4. The summed E-state index contributed by atoms with van der Waals surface area (Å²) in [5.74, 6) is 1.58. The number of rotatable bonds is 2. The van der Waals surface area contributed by atoms with Gasteiger partial charge in [-0.2, -0.15) is 0 Å². The summed E-state index contributed by atoms with van der Waals surface area (Å²) in [5.41, 5.74) is 5.53. The van der Waals surface area contributed by atoms with Gasteiger partial charge in [0.05, 0.1) is 0 Å². The van der Waals surface area contributed by atoms with E-state index in [0.717, 1.165) is 12.3 Å². The topological polar surface area (TPSA) is 43.1 Å². The van der Waals surface area contributed by atoms with Gasteiger partial charge >= 0.3 is 0 Å². The fourth-order valence-corrected chi connectivity index (χ4v) is 3.64. The van der Waals surface area contributed by atoms with Crippen LogP contribution in [-0.2, 0) is 4.79 Å². The van der Waals surface area contributed by atoms with Gasteiger partial charge in [0.2, 0.25) is 5.91 Å². The van der Waals surface area contributed by atoms with Gasteiger partial charge in [-0.25, -0.2) is 0 Å². The average Bonchev–Trinajstić information content (AvgIpc) is 2.30. The van der Waals surface area contributed by atoms with Crippen molar-refractivity contribution in [2.24, 2.45) is 23.5 Å². The monoisotopic (exact) mass is 209 g/mol. The molecule has 0 heterocycles. The molecule has 0 aliphatic heterocycles. The minimum atomic E-state index is -0.0368. The normalized spacial score (nSPS) is 33.9. The average molecular weight is 209 g/mol. The molecule has 0 aromatic carbocycles. The quantitative estimate of drug-likeness (QED) is 0.746. The molecule has 2 saturated carbocycles. The Morgan fingerprint density at radius 2 is 1.47 bits per heavy atom. The first kappa shape index (κ1) is 11.0. The second-order valence-electron chi connectivity index (χ2n) is 5.36. The van der Waals surface area contributed by atoms with Gasteiger partial charge < -0.3 is 5.73 Å². The first-order valence-corrected chi connectivity index (χ1v) is 6.58. The highest BCUT2D eigenvalue weighted by Crippen LogP contribution is 2.41. The predicted octanol–water partition coefficient (Wildman–Crippen LogP) is 2.86. The lowest BCUT2D eigenvalue weighted by Crippen LogP contribution is -2.36. The van der Waals surface area contributed by atoms with Crippen LogP contribution in [0.5, 0.6) is 0 Å². The zero-order chi connectivity index (χ0) is 10.7. The molecule has 2 aliphatic carbocycles. The Morgan fingerprint density at radius 3 is 2.13 bits per heavy atom. The maximum absolute atomic E-state index is 11.4. The SMILES string of the molecule is NC(=O)C1CCCCC1C1CCCCC1. The molecule has 2 atom stereocenters. The molecule has 1 amide bonds. The fraction of sp³-hybridized carbons (Fsp3) is 0.923. The van der Waals surface area contributed by atoms with Gasteiger partial charge in [0.15, 0.2) is 0 Å². The second-order valence-corrected chi connectivity index (χ2v) is 5.36. The molecule has 2 unspecified atom stereocenters. The van der Waals surface area contributed by atoms with E-state index in [0.29, 0.717) is 5.92 Å². The molecule has 0 bridgehead atoms. The Balaban J connectivity index is 1.99. The molecule has 2 nitrogen and oxygen atoms in total. The molecule has 0 aromatic heterocycles. The largest absolute Gasteiger partial charge is 0.369 e. The van der Waals surface area contributed by atoms with Crippen molar-refractivity contribution in [3.63, 3.8) is 0 Å². The van der Waals surface area contributed by atoms with Gasteiger partial charge in [-0.1, -0.05) is 44.9 Å². The summed E-state index contributed by atoms with van der Waals surface area (Å²) in [6.45, 7) is 0. The number of amides is 1. The van der Waals surface area contributed by atoms with E-state index in [4.69, 9.17) is 5.73 Å². The van der Waals surface area contributed by atoms with E-state index in [1.165, 1.54) is 51.4 Å². The van der Waals surface area contributed by atoms with Crippen molar-refractivity contribution in [3.05, 3.63) is 0 Å². The van der Waals surface area contributed by atoms with E-state index < -0.39 is 0 Å². The van der Waals surface area contributed by atoms with Crippen molar-refractivity contribution in [2.75, 3.05) is 0 Å². The van der Waals surface area contributed by atoms with Crippen LogP contribution in [0.2, 0.25) is 0 Å². The Morgan fingerprint density at radius 1 is 0.867 bits per heavy atom. The van der Waals surface area contributed by atoms with E-state index >= 15 is 0 Å². The molecule has 0 spiro atoms. The number of primary amides is 1. The van der Waals surface area contributed by atoms with Gasteiger partial charge in [0.25, 0.3) is 0 Å². The van der Waals surface area contributed by atoms with Crippen LogP contribution in [-0.4, -0.2) is 5.91 Å². The van der Waals surface area contributed by atoms with E-state index in [-0.39, 0.29) is 11.8 Å². The van der Waals surface area contributed by atoms with Crippen molar-refractivity contribution < 1.29 is 4.79 Å². The molecule has 2 rings (SSSR count).